The van der Waals surface area contributed by atoms with Crippen LogP contribution in [0.3, 0.4) is 0 Å². The Morgan fingerprint density at radius 2 is 1.89 bits per heavy atom. The number of hydrogen-bond donors (Lipinski definition) is 2. The molecule has 0 saturated carbocycles. The van der Waals surface area contributed by atoms with E-state index >= 15 is 0 Å². The smallest absolute Gasteiger partial charge is 0.237 e. The second-order valence-corrected chi connectivity index (χ2v) is 4.63. The minimum Gasteiger partial charge on any atom is -0.354 e. The highest BCUT2D eigenvalue weighted by Gasteiger charge is 2.14. The van der Waals surface area contributed by atoms with Gasteiger partial charge in [0.15, 0.2) is 0 Å². The lowest BCUT2D eigenvalue weighted by Gasteiger charge is -2.13. The Hall–Kier alpha value is -1.88. The largest absolute Gasteiger partial charge is 0.354 e. The van der Waals surface area contributed by atoms with Crippen LogP contribution in [0.5, 0.6) is 0 Å². The molecule has 1 rings (SSSR count). The summed E-state index contributed by atoms with van der Waals surface area (Å²) < 4.78 is 0. The number of rotatable bonds is 6. The summed E-state index contributed by atoms with van der Waals surface area (Å²) in [6.45, 7) is 0.318. The molecule has 0 unspecified atom stereocenters. The number of benzene rings is 1. The van der Waals surface area contributed by atoms with Crippen LogP contribution >= 0.6 is 0 Å². The molecule has 0 bridgehead atoms. The first-order chi connectivity index (χ1) is 9.00. The van der Waals surface area contributed by atoms with E-state index in [1.807, 2.05) is 30.3 Å². The summed E-state index contributed by atoms with van der Waals surface area (Å²) in [5.74, 6) is -0.243. The fraction of sp³-hybridized carbons (Fsp3) is 0.429. The average molecular weight is 263 g/mol. The van der Waals surface area contributed by atoms with Gasteiger partial charge in [-0.2, -0.15) is 0 Å². The third kappa shape index (κ3) is 5.52. The van der Waals surface area contributed by atoms with Crippen LogP contribution in [0.25, 0.3) is 0 Å². The van der Waals surface area contributed by atoms with Gasteiger partial charge in [0.2, 0.25) is 11.8 Å². The molecule has 5 heteroatoms. The Balaban J connectivity index is 2.31. The summed E-state index contributed by atoms with van der Waals surface area (Å²) in [4.78, 5) is 24.6. The number of nitrogens with zero attached hydrogens (tertiary/aromatic N) is 1. The van der Waals surface area contributed by atoms with Crippen molar-refractivity contribution >= 4 is 11.8 Å². The van der Waals surface area contributed by atoms with Crippen molar-refractivity contribution in [2.24, 2.45) is 5.73 Å². The van der Waals surface area contributed by atoms with Crippen LogP contribution in [0.4, 0.5) is 0 Å². The monoisotopic (exact) mass is 263 g/mol. The van der Waals surface area contributed by atoms with Crippen molar-refractivity contribution in [3.63, 3.8) is 0 Å². The van der Waals surface area contributed by atoms with Crippen LogP contribution in [0.2, 0.25) is 0 Å². The maximum absolute atomic E-state index is 11.7. The lowest BCUT2D eigenvalue weighted by Crippen LogP contribution is -2.43. The lowest BCUT2D eigenvalue weighted by molar-refractivity contribution is -0.128. The fourth-order valence-corrected chi connectivity index (χ4v) is 1.61. The molecular formula is C14H21N3O2. The van der Waals surface area contributed by atoms with Crippen molar-refractivity contribution in [1.82, 2.24) is 10.2 Å². The zero-order chi connectivity index (χ0) is 14.3. The van der Waals surface area contributed by atoms with Gasteiger partial charge in [0.25, 0.3) is 0 Å². The van der Waals surface area contributed by atoms with Crippen LogP contribution in [0, 0.1) is 0 Å². The molecule has 5 nitrogen and oxygen atoms in total. The van der Waals surface area contributed by atoms with Gasteiger partial charge in [-0.1, -0.05) is 30.3 Å². The summed E-state index contributed by atoms with van der Waals surface area (Å²) >= 11 is 0. The van der Waals surface area contributed by atoms with Crippen LogP contribution in [-0.2, 0) is 16.0 Å². The van der Waals surface area contributed by atoms with Gasteiger partial charge < -0.3 is 16.0 Å². The quantitative estimate of drug-likeness (QED) is 0.767. The van der Waals surface area contributed by atoms with E-state index in [9.17, 15) is 9.59 Å². The van der Waals surface area contributed by atoms with E-state index in [1.54, 1.807) is 14.1 Å². The minimum atomic E-state index is -0.586. The van der Waals surface area contributed by atoms with Crippen molar-refractivity contribution in [3.8, 4) is 0 Å². The summed E-state index contributed by atoms with van der Waals surface area (Å²) in [6, 6.07) is 9.02. The van der Waals surface area contributed by atoms with E-state index in [4.69, 9.17) is 5.73 Å². The van der Waals surface area contributed by atoms with Gasteiger partial charge in [0, 0.05) is 27.1 Å². The summed E-state index contributed by atoms with van der Waals surface area (Å²) in [7, 11) is 3.37. The minimum absolute atomic E-state index is 0.0167. The van der Waals surface area contributed by atoms with Gasteiger partial charge in [0.1, 0.15) is 0 Å². The van der Waals surface area contributed by atoms with Gasteiger partial charge in [-0.15, -0.1) is 0 Å². The molecule has 1 aromatic carbocycles. The Morgan fingerprint density at radius 3 is 2.47 bits per heavy atom. The first kappa shape index (κ1) is 15.2. The number of hydrogen-bond acceptors (Lipinski definition) is 3. The van der Waals surface area contributed by atoms with E-state index in [0.29, 0.717) is 13.0 Å². The molecule has 0 spiro atoms. The van der Waals surface area contributed by atoms with Crippen LogP contribution in [-0.4, -0.2) is 43.4 Å². The Labute approximate surface area is 113 Å². The Kier molecular flexibility index (Phi) is 6.02. The number of nitrogens with one attached hydrogen (secondary N) is 1. The van der Waals surface area contributed by atoms with Crippen LogP contribution < -0.4 is 11.1 Å². The predicted octanol–water partition coefficient (Wildman–Crippen LogP) is 0.151. The SMILES string of the molecule is CN(C)C(=O)CCNC(=O)[C@@H](N)Cc1ccccc1. The zero-order valence-electron chi connectivity index (χ0n) is 11.4. The van der Waals surface area contributed by atoms with Gasteiger partial charge in [-0.05, 0) is 12.0 Å². The second kappa shape index (κ2) is 7.53. The standard InChI is InChI=1S/C14H21N3O2/c1-17(2)13(18)8-9-16-14(19)12(15)10-11-6-4-3-5-7-11/h3-7,12H,8-10,15H2,1-2H3,(H,16,19)/t12-/m0/s1. The van der Waals surface area contributed by atoms with Gasteiger partial charge >= 0.3 is 0 Å². The molecule has 0 radical (unpaired) electrons. The molecule has 0 aliphatic heterocycles. The third-order valence-electron chi connectivity index (χ3n) is 2.77. The molecule has 0 aromatic heterocycles. The van der Waals surface area contributed by atoms with E-state index in [0.717, 1.165) is 5.56 Å². The van der Waals surface area contributed by atoms with Crippen molar-refractivity contribution < 1.29 is 9.59 Å². The summed E-state index contributed by atoms with van der Waals surface area (Å²) in [5.41, 5.74) is 6.84. The first-order valence-electron chi connectivity index (χ1n) is 6.28. The lowest BCUT2D eigenvalue weighted by atomic mass is 10.1. The zero-order valence-corrected chi connectivity index (χ0v) is 11.4. The predicted molar refractivity (Wildman–Crippen MR) is 74.4 cm³/mol. The maximum Gasteiger partial charge on any atom is 0.237 e. The molecule has 19 heavy (non-hydrogen) atoms. The van der Waals surface area contributed by atoms with Crippen LogP contribution in [0.1, 0.15) is 12.0 Å². The van der Waals surface area contributed by atoms with E-state index in [-0.39, 0.29) is 18.2 Å². The van der Waals surface area contributed by atoms with Crippen LogP contribution in [0.15, 0.2) is 30.3 Å². The summed E-state index contributed by atoms with van der Waals surface area (Å²) in [6.07, 6.45) is 0.783. The average Bonchev–Trinajstić information content (AvgIpc) is 2.39. The van der Waals surface area contributed by atoms with E-state index in [1.165, 1.54) is 4.90 Å². The molecule has 1 atom stereocenters. The molecule has 2 amide bonds. The molecule has 0 heterocycles. The molecule has 3 N–H and O–H groups in total. The topological polar surface area (TPSA) is 75.4 Å². The van der Waals surface area contributed by atoms with Crippen molar-refractivity contribution in [2.45, 2.75) is 18.9 Å². The van der Waals surface area contributed by atoms with E-state index < -0.39 is 6.04 Å². The van der Waals surface area contributed by atoms with Gasteiger partial charge in [-0.25, -0.2) is 0 Å². The highest BCUT2D eigenvalue weighted by Crippen LogP contribution is 2.01. The molecule has 0 aliphatic carbocycles. The highest BCUT2D eigenvalue weighted by atomic mass is 16.2. The maximum atomic E-state index is 11.7. The number of amides is 2. The van der Waals surface area contributed by atoms with E-state index in [2.05, 4.69) is 5.32 Å². The molecular weight excluding hydrogens is 242 g/mol. The molecule has 104 valence electrons. The second-order valence-electron chi connectivity index (χ2n) is 4.63. The molecule has 0 aliphatic rings. The third-order valence-corrected chi connectivity index (χ3v) is 2.77. The molecule has 0 fully saturated rings. The van der Waals surface area contributed by atoms with Gasteiger partial charge in [-0.3, -0.25) is 9.59 Å². The highest BCUT2D eigenvalue weighted by molar-refractivity contribution is 5.82. The van der Waals surface area contributed by atoms with Gasteiger partial charge in [0.05, 0.1) is 6.04 Å². The van der Waals surface area contributed by atoms with Crippen molar-refractivity contribution in [2.75, 3.05) is 20.6 Å². The number of carbonyl (C=O) groups is 2. The fourth-order valence-electron chi connectivity index (χ4n) is 1.61. The van der Waals surface area contributed by atoms with Crippen molar-refractivity contribution in [3.05, 3.63) is 35.9 Å². The molecule has 1 aromatic rings. The normalized spacial score (nSPS) is 11.7. The number of nitrogens with two attached hydrogens (primary N) is 1. The Bertz CT molecular complexity index is 418. The first-order valence-corrected chi connectivity index (χ1v) is 6.28. The molecule has 0 saturated heterocycles. The Morgan fingerprint density at radius 1 is 1.26 bits per heavy atom. The summed E-state index contributed by atoms with van der Waals surface area (Å²) in [5, 5.41) is 2.68. The van der Waals surface area contributed by atoms with Crippen molar-refractivity contribution in [1.29, 1.82) is 0 Å². The number of carbonyl (C=O) groups excluding carboxylic acids is 2.